The number of aryl methyl sites for hydroxylation is 2. The molecular formula is C14H21NO3. The van der Waals surface area contributed by atoms with Crippen molar-refractivity contribution in [3.05, 3.63) is 28.8 Å². The average molecular weight is 251 g/mol. The fourth-order valence-electron chi connectivity index (χ4n) is 1.92. The van der Waals surface area contributed by atoms with Crippen molar-refractivity contribution in [3.63, 3.8) is 0 Å². The summed E-state index contributed by atoms with van der Waals surface area (Å²) in [7, 11) is 1.38. The van der Waals surface area contributed by atoms with Crippen molar-refractivity contribution < 1.29 is 14.3 Å². The molecule has 4 heteroatoms. The number of carbonyl (C=O) groups excluding carboxylic acids is 1. The molecule has 1 aromatic carbocycles. The minimum absolute atomic E-state index is 0.259. The highest BCUT2D eigenvalue weighted by Crippen LogP contribution is 2.25. The summed E-state index contributed by atoms with van der Waals surface area (Å²) in [6.45, 7) is 4.98. The van der Waals surface area contributed by atoms with E-state index in [2.05, 4.69) is 16.9 Å². The van der Waals surface area contributed by atoms with Crippen LogP contribution < -0.4 is 10.5 Å². The lowest BCUT2D eigenvalue weighted by atomic mass is 10.0. The van der Waals surface area contributed by atoms with E-state index >= 15 is 0 Å². The van der Waals surface area contributed by atoms with Crippen molar-refractivity contribution >= 4 is 5.97 Å². The molecule has 0 saturated carbocycles. The van der Waals surface area contributed by atoms with Crippen LogP contribution in [0.25, 0.3) is 0 Å². The number of esters is 1. The molecule has 0 aromatic heterocycles. The van der Waals surface area contributed by atoms with Crippen molar-refractivity contribution in [2.75, 3.05) is 20.3 Å². The zero-order valence-electron chi connectivity index (χ0n) is 11.3. The third-order valence-electron chi connectivity index (χ3n) is 2.73. The second kappa shape index (κ2) is 7.01. The largest absolute Gasteiger partial charge is 0.492 e. The van der Waals surface area contributed by atoms with E-state index in [4.69, 9.17) is 10.5 Å². The third kappa shape index (κ3) is 4.04. The highest BCUT2D eigenvalue weighted by molar-refractivity contribution is 5.69. The van der Waals surface area contributed by atoms with Gasteiger partial charge in [-0.2, -0.15) is 0 Å². The number of benzene rings is 1. The molecule has 4 nitrogen and oxygen atoms in total. The number of hydrogen-bond donors (Lipinski definition) is 1. The third-order valence-corrected chi connectivity index (χ3v) is 2.73. The molecule has 1 aromatic rings. The molecule has 0 aliphatic carbocycles. The van der Waals surface area contributed by atoms with Crippen molar-refractivity contribution in [2.24, 2.45) is 5.73 Å². The van der Waals surface area contributed by atoms with Crippen molar-refractivity contribution in [3.8, 4) is 5.75 Å². The van der Waals surface area contributed by atoms with Crippen molar-refractivity contribution in [1.82, 2.24) is 0 Å². The summed E-state index contributed by atoms with van der Waals surface area (Å²) >= 11 is 0. The predicted octanol–water partition coefficient (Wildman–Crippen LogP) is 1.75. The number of rotatable bonds is 6. The van der Waals surface area contributed by atoms with Gasteiger partial charge in [-0.05, 0) is 43.5 Å². The van der Waals surface area contributed by atoms with Gasteiger partial charge < -0.3 is 15.2 Å². The van der Waals surface area contributed by atoms with Crippen LogP contribution in [0.3, 0.4) is 0 Å². The molecule has 0 heterocycles. The summed E-state index contributed by atoms with van der Waals surface area (Å²) in [4.78, 5) is 11.0. The lowest BCUT2D eigenvalue weighted by Crippen LogP contribution is -2.09. The van der Waals surface area contributed by atoms with Crippen molar-refractivity contribution in [2.45, 2.75) is 26.7 Å². The summed E-state index contributed by atoms with van der Waals surface area (Å²) in [5.41, 5.74) is 8.91. The Labute approximate surface area is 108 Å². The Morgan fingerprint density at radius 1 is 1.28 bits per heavy atom. The SMILES string of the molecule is COC(=O)CCOc1c(C)cc(CCN)cc1C. The summed E-state index contributed by atoms with van der Waals surface area (Å²) in [5, 5.41) is 0. The molecule has 0 atom stereocenters. The fraction of sp³-hybridized carbons (Fsp3) is 0.500. The standard InChI is InChI=1S/C14H21NO3/c1-10-8-12(4-6-15)9-11(2)14(10)18-7-5-13(16)17-3/h8-9H,4-7,15H2,1-3H3. The Bertz CT molecular complexity index is 392. The van der Waals surface area contributed by atoms with Gasteiger partial charge >= 0.3 is 5.97 Å². The van der Waals surface area contributed by atoms with Crippen LogP contribution in [0.5, 0.6) is 5.75 Å². The average Bonchev–Trinajstić information content (AvgIpc) is 2.32. The Morgan fingerprint density at radius 2 is 1.89 bits per heavy atom. The molecule has 0 fully saturated rings. The zero-order valence-corrected chi connectivity index (χ0v) is 11.3. The molecule has 2 N–H and O–H groups in total. The quantitative estimate of drug-likeness (QED) is 0.782. The van der Waals surface area contributed by atoms with E-state index in [1.54, 1.807) is 0 Å². The first-order valence-electron chi connectivity index (χ1n) is 6.08. The van der Waals surface area contributed by atoms with E-state index in [-0.39, 0.29) is 12.4 Å². The predicted molar refractivity (Wildman–Crippen MR) is 70.8 cm³/mol. The van der Waals surface area contributed by atoms with E-state index in [0.717, 1.165) is 23.3 Å². The van der Waals surface area contributed by atoms with Gasteiger partial charge in [0.1, 0.15) is 5.75 Å². The van der Waals surface area contributed by atoms with Gasteiger partial charge in [-0.25, -0.2) is 0 Å². The van der Waals surface area contributed by atoms with Crippen LogP contribution in [-0.4, -0.2) is 26.2 Å². The summed E-state index contributed by atoms with van der Waals surface area (Å²) in [6.07, 6.45) is 1.13. The van der Waals surface area contributed by atoms with E-state index in [9.17, 15) is 4.79 Å². The first-order chi connectivity index (χ1) is 8.58. The first-order valence-corrected chi connectivity index (χ1v) is 6.08. The second-order valence-electron chi connectivity index (χ2n) is 4.27. The molecule has 0 spiro atoms. The van der Waals surface area contributed by atoms with Crippen LogP contribution in [0.2, 0.25) is 0 Å². The van der Waals surface area contributed by atoms with E-state index < -0.39 is 0 Å². The van der Waals surface area contributed by atoms with Gasteiger partial charge in [0, 0.05) is 0 Å². The maximum atomic E-state index is 11.0. The van der Waals surface area contributed by atoms with Gasteiger partial charge in [-0.15, -0.1) is 0 Å². The first kappa shape index (κ1) is 14.5. The van der Waals surface area contributed by atoms with Gasteiger partial charge in [0.25, 0.3) is 0 Å². The molecule has 0 bridgehead atoms. The normalized spacial score (nSPS) is 10.2. The minimum Gasteiger partial charge on any atom is -0.492 e. The molecule has 0 saturated heterocycles. The van der Waals surface area contributed by atoms with Crippen LogP contribution in [0.15, 0.2) is 12.1 Å². The summed E-state index contributed by atoms with van der Waals surface area (Å²) in [5.74, 6) is 0.588. The number of ether oxygens (including phenoxy) is 2. The van der Waals surface area contributed by atoms with Crippen LogP contribution >= 0.6 is 0 Å². The summed E-state index contributed by atoms with van der Waals surface area (Å²) in [6, 6.07) is 4.15. The Morgan fingerprint density at radius 3 is 2.39 bits per heavy atom. The maximum absolute atomic E-state index is 11.0. The Balaban J connectivity index is 2.68. The fourth-order valence-corrected chi connectivity index (χ4v) is 1.92. The molecular weight excluding hydrogens is 230 g/mol. The van der Waals surface area contributed by atoms with Gasteiger partial charge in [0.05, 0.1) is 20.1 Å². The molecule has 100 valence electrons. The monoisotopic (exact) mass is 251 g/mol. The molecule has 1 rings (SSSR count). The van der Waals surface area contributed by atoms with Gasteiger partial charge in [-0.3, -0.25) is 4.79 Å². The minimum atomic E-state index is -0.259. The van der Waals surface area contributed by atoms with Crippen molar-refractivity contribution in [1.29, 1.82) is 0 Å². The molecule has 0 aliphatic rings. The molecule has 0 unspecified atom stereocenters. The summed E-state index contributed by atoms with van der Waals surface area (Å²) < 4.78 is 10.2. The van der Waals surface area contributed by atoms with Crippen LogP contribution in [0.1, 0.15) is 23.1 Å². The van der Waals surface area contributed by atoms with E-state index in [0.29, 0.717) is 13.2 Å². The number of hydrogen-bond acceptors (Lipinski definition) is 4. The lowest BCUT2D eigenvalue weighted by molar-refractivity contribution is -0.141. The molecule has 18 heavy (non-hydrogen) atoms. The van der Waals surface area contributed by atoms with Gasteiger partial charge in [0.2, 0.25) is 0 Å². The van der Waals surface area contributed by atoms with Gasteiger partial charge in [-0.1, -0.05) is 12.1 Å². The Kier molecular flexibility index (Phi) is 5.65. The number of carbonyl (C=O) groups is 1. The topological polar surface area (TPSA) is 61.5 Å². The van der Waals surface area contributed by atoms with Crippen LogP contribution in [0, 0.1) is 13.8 Å². The van der Waals surface area contributed by atoms with E-state index in [1.165, 1.54) is 12.7 Å². The second-order valence-corrected chi connectivity index (χ2v) is 4.27. The van der Waals surface area contributed by atoms with Crippen LogP contribution in [-0.2, 0) is 16.0 Å². The zero-order chi connectivity index (χ0) is 13.5. The molecule has 0 radical (unpaired) electrons. The smallest absolute Gasteiger partial charge is 0.308 e. The molecule has 0 amide bonds. The number of nitrogens with two attached hydrogens (primary N) is 1. The number of methoxy groups -OCH3 is 1. The molecule has 0 aliphatic heterocycles. The lowest BCUT2D eigenvalue weighted by Gasteiger charge is -2.13. The highest BCUT2D eigenvalue weighted by Gasteiger charge is 2.07. The van der Waals surface area contributed by atoms with Crippen LogP contribution in [0.4, 0.5) is 0 Å². The Hall–Kier alpha value is -1.55. The van der Waals surface area contributed by atoms with Gasteiger partial charge in [0.15, 0.2) is 0 Å². The van der Waals surface area contributed by atoms with E-state index in [1.807, 2.05) is 13.8 Å². The highest BCUT2D eigenvalue weighted by atomic mass is 16.5. The maximum Gasteiger partial charge on any atom is 0.308 e.